The van der Waals surface area contributed by atoms with E-state index < -0.39 is 23.9 Å². The Balaban J connectivity index is 1.78. The third-order valence-electron chi connectivity index (χ3n) is 5.50. The summed E-state index contributed by atoms with van der Waals surface area (Å²) in [5.41, 5.74) is 1.72. The number of ether oxygens (including phenoxy) is 2. The van der Waals surface area contributed by atoms with Crippen LogP contribution >= 0.6 is 0 Å². The van der Waals surface area contributed by atoms with Crippen molar-refractivity contribution in [2.24, 2.45) is 0 Å². The molecule has 2 aromatic carbocycles. The van der Waals surface area contributed by atoms with Crippen molar-refractivity contribution in [2.45, 2.75) is 63.8 Å². The average molecular weight is 414 g/mol. The second kappa shape index (κ2) is 10.2. The highest BCUT2D eigenvalue weighted by Gasteiger charge is 2.51. The van der Waals surface area contributed by atoms with Gasteiger partial charge in [0, 0.05) is 19.4 Å². The lowest BCUT2D eigenvalue weighted by atomic mass is 9.78. The molecule has 6 heteroatoms. The molecule has 0 spiro atoms. The lowest BCUT2D eigenvalue weighted by Crippen LogP contribution is -2.60. The van der Waals surface area contributed by atoms with E-state index >= 15 is 0 Å². The Labute approximate surface area is 177 Å². The number of hydrogen-bond donors (Lipinski definition) is 3. The molecule has 2 aromatic rings. The van der Waals surface area contributed by atoms with Crippen LogP contribution in [0.15, 0.2) is 54.6 Å². The summed E-state index contributed by atoms with van der Waals surface area (Å²) in [5.74, 6) is -0.295. The summed E-state index contributed by atoms with van der Waals surface area (Å²) in [5, 5.41) is 23.9. The summed E-state index contributed by atoms with van der Waals surface area (Å²) in [7, 11) is 0. The van der Waals surface area contributed by atoms with Gasteiger partial charge < -0.3 is 25.0 Å². The third kappa shape index (κ3) is 5.46. The maximum absolute atomic E-state index is 13.0. The summed E-state index contributed by atoms with van der Waals surface area (Å²) in [6, 6.07) is 17.5. The molecule has 6 nitrogen and oxygen atoms in total. The van der Waals surface area contributed by atoms with Crippen LogP contribution in [-0.2, 0) is 27.5 Å². The van der Waals surface area contributed by atoms with E-state index in [4.69, 9.17) is 9.47 Å². The smallest absolute Gasteiger partial charge is 0.252 e. The van der Waals surface area contributed by atoms with Crippen LogP contribution in [0, 0.1) is 6.92 Å². The number of aliphatic hydroxyl groups excluding tert-OH is 2. The molecule has 0 aliphatic heterocycles. The van der Waals surface area contributed by atoms with Crippen molar-refractivity contribution >= 4 is 5.91 Å². The van der Waals surface area contributed by atoms with Crippen molar-refractivity contribution in [1.29, 1.82) is 0 Å². The zero-order valence-electron chi connectivity index (χ0n) is 17.6. The minimum absolute atomic E-state index is 0.0109. The Bertz CT molecular complexity index is 827. The largest absolute Gasteiger partial charge is 0.390 e. The number of carbonyl (C=O) groups is 1. The highest BCUT2D eigenvalue weighted by Crippen LogP contribution is 2.35. The normalized spacial score (nSPS) is 26.3. The number of hydrogen-bond acceptors (Lipinski definition) is 5. The number of aliphatic hydroxyl groups is 2. The molecule has 1 unspecified atom stereocenters. The summed E-state index contributed by atoms with van der Waals surface area (Å²) < 4.78 is 12.1. The first kappa shape index (κ1) is 22.4. The number of likely N-dealkylation sites (N-methyl/N-ethyl adjacent to an activating group) is 1. The molecule has 30 heavy (non-hydrogen) atoms. The molecule has 0 bridgehead atoms. The van der Waals surface area contributed by atoms with Gasteiger partial charge in [-0.15, -0.1) is 0 Å². The van der Waals surface area contributed by atoms with Crippen LogP contribution in [0.1, 0.15) is 36.5 Å². The van der Waals surface area contributed by atoms with E-state index in [0.29, 0.717) is 6.54 Å². The maximum atomic E-state index is 13.0. The third-order valence-corrected chi connectivity index (χ3v) is 5.50. The number of amides is 1. The molecule has 3 N–H and O–H groups in total. The monoisotopic (exact) mass is 413 g/mol. The predicted octanol–water partition coefficient (Wildman–Crippen LogP) is 2.49. The molecule has 4 atom stereocenters. The molecule has 0 heterocycles. The van der Waals surface area contributed by atoms with Crippen LogP contribution in [0.5, 0.6) is 0 Å². The van der Waals surface area contributed by atoms with Crippen molar-refractivity contribution < 1.29 is 24.5 Å². The van der Waals surface area contributed by atoms with Gasteiger partial charge in [-0.1, -0.05) is 60.2 Å². The van der Waals surface area contributed by atoms with Gasteiger partial charge in [-0.05, 0) is 25.0 Å². The summed E-state index contributed by atoms with van der Waals surface area (Å²) in [6.07, 6.45) is -2.76. The SMILES string of the molecule is CCNC(=O)[C@@]1(OCc2cccc(C)c2)CC(OCc2ccccc2)[C@H](O)[C@H](O)C1. The van der Waals surface area contributed by atoms with Crippen LogP contribution in [0.25, 0.3) is 0 Å². The number of nitrogens with one attached hydrogen (secondary N) is 1. The first-order chi connectivity index (χ1) is 14.4. The van der Waals surface area contributed by atoms with Crippen LogP contribution in [0.3, 0.4) is 0 Å². The number of benzene rings is 2. The molecule has 1 aliphatic carbocycles. The fourth-order valence-corrected chi connectivity index (χ4v) is 3.88. The minimum Gasteiger partial charge on any atom is -0.390 e. The lowest BCUT2D eigenvalue weighted by molar-refractivity contribution is -0.200. The maximum Gasteiger partial charge on any atom is 0.252 e. The van der Waals surface area contributed by atoms with E-state index in [2.05, 4.69) is 5.32 Å². The van der Waals surface area contributed by atoms with Gasteiger partial charge in [0.15, 0.2) is 5.60 Å². The van der Waals surface area contributed by atoms with Crippen molar-refractivity contribution in [3.8, 4) is 0 Å². The topological polar surface area (TPSA) is 88.0 Å². The van der Waals surface area contributed by atoms with Crippen molar-refractivity contribution in [3.05, 3.63) is 71.3 Å². The zero-order chi connectivity index (χ0) is 21.6. The Morgan fingerprint density at radius 1 is 1.07 bits per heavy atom. The summed E-state index contributed by atoms with van der Waals surface area (Å²) in [4.78, 5) is 13.0. The lowest BCUT2D eigenvalue weighted by Gasteiger charge is -2.43. The van der Waals surface area contributed by atoms with E-state index in [0.717, 1.165) is 16.7 Å². The van der Waals surface area contributed by atoms with E-state index in [9.17, 15) is 15.0 Å². The molecule has 1 aliphatic rings. The summed E-state index contributed by atoms with van der Waals surface area (Å²) in [6.45, 7) is 4.79. The van der Waals surface area contributed by atoms with Crippen LogP contribution in [-0.4, -0.2) is 46.6 Å². The van der Waals surface area contributed by atoms with Crippen LogP contribution in [0.4, 0.5) is 0 Å². The van der Waals surface area contributed by atoms with Gasteiger partial charge >= 0.3 is 0 Å². The first-order valence-electron chi connectivity index (χ1n) is 10.4. The highest BCUT2D eigenvalue weighted by atomic mass is 16.5. The standard InChI is InChI=1S/C24H31NO5/c1-3-25-23(28)24(30-16-19-11-7-8-17(2)12-19)13-20(26)22(27)21(14-24)29-15-18-9-5-4-6-10-18/h4-12,20-22,26-27H,3,13-16H2,1-2H3,(H,25,28)/t20-,21?,22-,24+/m1/s1. The Kier molecular flexibility index (Phi) is 7.61. The Morgan fingerprint density at radius 2 is 1.80 bits per heavy atom. The molecule has 162 valence electrons. The number of rotatable bonds is 8. The van der Waals surface area contributed by atoms with E-state index in [1.807, 2.05) is 68.4 Å². The fourth-order valence-electron chi connectivity index (χ4n) is 3.88. The quantitative estimate of drug-likeness (QED) is 0.619. The van der Waals surface area contributed by atoms with Gasteiger partial charge in [-0.25, -0.2) is 0 Å². The predicted molar refractivity (Wildman–Crippen MR) is 114 cm³/mol. The molecule has 0 aromatic heterocycles. The Hall–Kier alpha value is -2.25. The first-order valence-corrected chi connectivity index (χ1v) is 10.4. The second-order valence-electron chi connectivity index (χ2n) is 7.93. The van der Waals surface area contributed by atoms with Crippen LogP contribution in [0.2, 0.25) is 0 Å². The van der Waals surface area contributed by atoms with Gasteiger partial charge in [-0.3, -0.25) is 4.79 Å². The molecule has 0 saturated heterocycles. The van der Waals surface area contributed by atoms with Crippen molar-refractivity contribution in [1.82, 2.24) is 5.32 Å². The molecular weight excluding hydrogens is 382 g/mol. The van der Waals surface area contributed by atoms with Gasteiger partial charge in [0.25, 0.3) is 5.91 Å². The molecule has 3 rings (SSSR count). The highest BCUT2D eigenvalue weighted by molar-refractivity contribution is 5.85. The van der Waals surface area contributed by atoms with Crippen LogP contribution < -0.4 is 5.32 Å². The van der Waals surface area contributed by atoms with Gasteiger partial charge in [-0.2, -0.15) is 0 Å². The van der Waals surface area contributed by atoms with Gasteiger partial charge in [0.05, 0.1) is 25.4 Å². The summed E-state index contributed by atoms with van der Waals surface area (Å²) >= 11 is 0. The molecule has 1 amide bonds. The van der Waals surface area contributed by atoms with E-state index in [1.54, 1.807) is 0 Å². The molecular formula is C24H31NO5. The van der Waals surface area contributed by atoms with E-state index in [-0.39, 0.29) is 32.0 Å². The fraction of sp³-hybridized carbons (Fsp3) is 0.458. The number of carbonyl (C=O) groups excluding carboxylic acids is 1. The second-order valence-corrected chi connectivity index (χ2v) is 7.93. The average Bonchev–Trinajstić information content (AvgIpc) is 2.74. The zero-order valence-corrected chi connectivity index (χ0v) is 17.6. The molecule has 1 fully saturated rings. The molecule has 0 radical (unpaired) electrons. The van der Waals surface area contributed by atoms with E-state index in [1.165, 1.54) is 0 Å². The Morgan fingerprint density at radius 3 is 2.50 bits per heavy atom. The minimum atomic E-state index is -1.28. The van der Waals surface area contributed by atoms with Gasteiger partial charge in [0.1, 0.15) is 6.10 Å². The molecule has 1 saturated carbocycles. The number of aryl methyl sites for hydroxylation is 1. The van der Waals surface area contributed by atoms with Gasteiger partial charge in [0.2, 0.25) is 0 Å². The van der Waals surface area contributed by atoms with Crippen molar-refractivity contribution in [2.75, 3.05) is 6.54 Å². The van der Waals surface area contributed by atoms with Crippen molar-refractivity contribution in [3.63, 3.8) is 0 Å².